The third kappa shape index (κ3) is 6.31. The molecule has 36 heavy (non-hydrogen) atoms. The standard InChI is InChI=1S/C21H21FN5O7P.Na.H/c1-11-6-14(8-17(32-3)18(11)22)25-20-23-9-12(2)19(26-20)24-13-4-5-16-15(7-13)27(21(28)34-16)10-33-35(29,30)31;;/h4-9H,10H2,1-3H3,(H2,29,30,31)(H2,23,24,25,26);;. The number of hydrogen-bond donors (Lipinski definition) is 4. The number of aromatic nitrogens is 3. The second-order valence-electron chi connectivity index (χ2n) is 7.51. The van der Waals surface area contributed by atoms with Crippen molar-refractivity contribution in [1.29, 1.82) is 0 Å². The zero-order chi connectivity index (χ0) is 25.3. The van der Waals surface area contributed by atoms with Gasteiger partial charge in [-0.1, -0.05) is 0 Å². The summed E-state index contributed by atoms with van der Waals surface area (Å²) in [5.41, 5.74) is 2.60. The number of nitrogens with zero attached hydrogens (tertiary/aromatic N) is 3. The van der Waals surface area contributed by atoms with Crippen LogP contribution in [-0.4, -0.2) is 61.0 Å². The summed E-state index contributed by atoms with van der Waals surface area (Å²) in [5.74, 6) is -0.524. The number of ether oxygens (including phenoxy) is 1. The molecule has 0 fully saturated rings. The number of phosphoric ester groups is 1. The number of methoxy groups -OCH3 is 1. The fourth-order valence-corrected chi connectivity index (χ4v) is 3.51. The molecule has 0 aliphatic carbocycles. The van der Waals surface area contributed by atoms with Crippen LogP contribution in [0.4, 0.5) is 27.5 Å². The minimum absolute atomic E-state index is 0. The van der Waals surface area contributed by atoms with Crippen molar-refractivity contribution in [2.75, 3.05) is 17.7 Å². The summed E-state index contributed by atoms with van der Waals surface area (Å²) in [6.07, 6.45) is 1.59. The number of halogens is 1. The summed E-state index contributed by atoms with van der Waals surface area (Å²) in [6.45, 7) is 2.71. The van der Waals surface area contributed by atoms with Gasteiger partial charge in [0.15, 0.2) is 17.1 Å². The molecule has 0 unspecified atom stereocenters. The van der Waals surface area contributed by atoms with Gasteiger partial charge in [-0.25, -0.2) is 23.3 Å². The van der Waals surface area contributed by atoms with Crippen molar-refractivity contribution in [2.45, 2.75) is 20.6 Å². The molecule has 0 aliphatic rings. The number of rotatable bonds is 8. The summed E-state index contributed by atoms with van der Waals surface area (Å²) in [6, 6.07) is 7.80. The van der Waals surface area contributed by atoms with E-state index in [-0.39, 0.29) is 52.4 Å². The first-order valence-electron chi connectivity index (χ1n) is 10.1. The third-order valence-corrected chi connectivity index (χ3v) is 5.41. The Balaban J connectivity index is 0.00000361. The van der Waals surface area contributed by atoms with Crippen LogP contribution < -0.4 is 21.1 Å². The first-order chi connectivity index (χ1) is 16.5. The Labute approximate surface area is 226 Å². The fourth-order valence-electron chi connectivity index (χ4n) is 3.25. The number of anilines is 4. The van der Waals surface area contributed by atoms with Crippen molar-refractivity contribution in [3.05, 3.63) is 64.0 Å². The normalized spacial score (nSPS) is 11.3. The Morgan fingerprint density at radius 3 is 2.58 bits per heavy atom. The number of oxazole rings is 1. The maximum absolute atomic E-state index is 14.1. The van der Waals surface area contributed by atoms with Crippen molar-refractivity contribution in [3.8, 4) is 5.75 Å². The molecule has 2 heterocycles. The van der Waals surface area contributed by atoms with Crippen molar-refractivity contribution in [3.63, 3.8) is 0 Å². The number of fused-ring (bicyclic) bond motifs is 1. The zero-order valence-electron chi connectivity index (χ0n) is 18.8. The van der Waals surface area contributed by atoms with Crippen LogP contribution in [0.25, 0.3) is 11.1 Å². The van der Waals surface area contributed by atoms with Crippen molar-refractivity contribution in [1.82, 2.24) is 14.5 Å². The molecule has 0 amide bonds. The van der Waals surface area contributed by atoms with Crippen LogP contribution in [0.5, 0.6) is 5.75 Å². The molecule has 15 heteroatoms. The van der Waals surface area contributed by atoms with E-state index in [1.807, 2.05) is 0 Å². The fraction of sp³-hybridized carbons (Fsp3) is 0.190. The molecule has 0 radical (unpaired) electrons. The van der Waals surface area contributed by atoms with Gasteiger partial charge < -0.3 is 29.6 Å². The molecular formula is C21H22FN5NaO7P. The van der Waals surface area contributed by atoms with E-state index in [0.717, 1.165) is 4.57 Å². The van der Waals surface area contributed by atoms with E-state index in [4.69, 9.17) is 18.9 Å². The molecule has 186 valence electrons. The van der Waals surface area contributed by atoms with Gasteiger partial charge in [0.05, 0.1) is 12.6 Å². The average Bonchev–Trinajstić information content (AvgIpc) is 3.10. The van der Waals surface area contributed by atoms with Gasteiger partial charge in [-0.3, -0.25) is 4.52 Å². The predicted octanol–water partition coefficient (Wildman–Crippen LogP) is 3.05. The van der Waals surface area contributed by atoms with Gasteiger partial charge in [0.25, 0.3) is 0 Å². The molecule has 2 aromatic heterocycles. The number of aryl methyl sites for hydroxylation is 2. The van der Waals surface area contributed by atoms with E-state index in [0.29, 0.717) is 28.3 Å². The van der Waals surface area contributed by atoms with E-state index >= 15 is 0 Å². The summed E-state index contributed by atoms with van der Waals surface area (Å²) in [5, 5.41) is 6.13. The molecule has 4 rings (SSSR count). The van der Waals surface area contributed by atoms with E-state index < -0.39 is 26.1 Å². The first-order valence-corrected chi connectivity index (χ1v) is 11.6. The van der Waals surface area contributed by atoms with E-state index in [9.17, 15) is 13.8 Å². The van der Waals surface area contributed by atoms with Crippen LogP contribution in [0.2, 0.25) is 0 Å². The van der Waals surface area contributed by atoms with E-state index in [1.54, 1.807) is 38.2 Å². The molecule has 0 aliphatic heterocycles. The van der Waals surface area contributed by atoms with Crippen LogP contribution in [0, 0.1) is 19.7 Å². The van der Waals surface area contributed by atoms with E-state index in [1.165, 1.54) is 19.2 Å². The Morgan fingerprint density at radius 1 is 1.14 bits per heavy atom. The maximum atomic E-state index is 14.1. The SMILES string of the molecule is COc1cc(Nc2ncc(C)c(Nc3ccc4oc(=O)n(COP(=O)(O)O)c4c3)n2)cc(C)c1F.[NaH]. The second kappa shape index (κ2) is 11.1. The van der Waals surface area contributed by atoms with Crippen molar-refractivity contribution >= 4 is 71.6 Å². The summed E-state index contributed by atoms with van der Waals surface area (Å²) in [7, 11) is -3.42. The van der Waals surface area contributed by atoms with Crippen molar-refractivity contribution < 1.29 is 32.4 Å². The monoisotopic (exact) mass is 529 g/mol. The van der Waals surface area contributed by atoms with Gasteiger partial charge in [0.2, 0.25) is 5.95 Å². The summed E-state index contributed by atoms with van der Waals surface area (Å²) < 4.78 is 40.6. The van der Waals surface area contributed by atoms with Gasteiger partial charge in [-0.2, -0.15) is 4.98 Å². The molecule has 12 nitrogen and oxygen atoms in total. The molecule has 0 bridgehead atoms. The van der Waals surface area contributed by atoms with E-state index in [2.05, 4.69) is 25.1 Å². The third-order valence-electron chi connectivity index (χ3n) is 4.95. The molecule has 0 saturated heterocycles. The molecule has 2 aromatic carbocycles. The number of nitrogens with one attached hydrogen (secondary N) is 2. The van der Waals surface area contributed by atoms with Gasteiger partial charge in [0, 0.05) is 29.2 Å². The van der Waals surface area contributed by atoms with Crippen LogP contribution in [0.3, 0.4) is 0 Å². The van der Waals surface area contributed by atoms with Crippen LogP contribution in [-0.2, 0) is 15.8 Å². The predicted molar refractivity (Wildman–Crippen MR) is 132 cm³/mol. The number of benzene rings is 2. The van der Waals surface area contributed by atoms with Gasteiger partial charge in [0.1, 0.15) is 12.5 Å². The van der Waals surface area contributed by atoms with Gasteiger partial charge >= 0.3 is 43.1 Å². The molecule has 4 aromatic rings. The Hall–Kier alpha value is -2.77. The Morgan fingerprint density at radius 2 is 1.89 bits per heavy atom. The minimum atomic E-state index is -4.79. The molecule has 4 N–H and O–H groups in total. The Bertz CT molecular complexity index is 1520. The topological polar surface area (TPSA) is 161 Å². The average molecular weight is 529 g/mol. The quantitative estimate of drug-likeness (QED) is 0.196. The molecule has 0 spiro atoms. The summed E-state index contributed by atoms with van der Waals surface area (Å²) >= 11 is 0. The van der Waals surface area contributed by atoms with Crippen molar-refractivity contribution in [2.24, 2.45) is 0 Å². The van der Waals surface area contributed by atoms with Gasteiger partial charge in [-0.05, 0) is 43.7 Å². The van der Waals surface area contributed by atoms with Gasteiger partial charge in [-0.15, -0.1) is 0 Å². The second-order valence-corrected chi connectivity index (χ2v) is 8.75. The van der Waals surface area contributed by atoms with Crippen LogP contribution in [0.1, 0.15) is 11.1 Å². The summed E-state index contributed by atoms with van der Waals surface area (Å²) in [4.78, 5) is 38.6. The zero-order valence-corrected chi connectivity index (χ0v) is 19.7. The van der Waals surface area contributed by atoms with Crippen LogP contribution >= 0.6 is 7.82 Å². The van der Waals surface area contributed by atoms with Crippen LogP contribution in [0.15, 0.2) is 45.7 Å². The molecular weight excluding hydrogens is 507 g/mol. The molecule has 0 saturated carbocycles. The first kappa shape index (κ1) is 27.8. The number of hydrogen-bond acceptors (Lipinski definition) is 9. The number of phosphoric acid groups is 1. The molecule has 0 atom stereocenters. The Kier molecular flexibility index (Phi) is 8.57.